The molecule has 0 aliphatic carbocycles. The van der Waals surface area contributed by atoms with Crippen LogP contribution in [-0.2, 0) is 4.79 Å². The van der Waals surface area contributed by atoms with Crippen molar-refractivity contribution in [3.63, 3.8) is 0 Å². The third-order valence-electron chi connectivity index (χ3n) is 7.44. The Hall–Kier alpha value is -3.87. The highest BCUT2D eigenvalue weighted by atomic mass is 16.2. The van der Waals surface area contributed by atoms with Crippen molar-refractivity contribution >= 4 is 29.0 Å². The maximum atomic E-state index is 12.9. The summed E-state index contributed by atoms with van der Waals surface area (Å²) in [5.74, 6) is 0.897. The van der Waals surface area contributed by atoms with Gasteiger partial charge in [0.15, 0.2) is 0 Å². The number of carbonyl (C=O) groups excluding carboxylic acids is 2. The number of hydrogen-bond acceptors (Lipinski definition) is 5. The third-order valence-corrected chi connectivity index (χ3v) is 7.44. The SMILES string of the molecule is CCCC(=O)N1CCC2(CCN(c3ccc(C(=O)Nc4cc(-c5ccccc5)ccc4N)cn3)C2)C1. The van der Waals surface area contributed by atoms with E-state index < -0.39 is 0 Å². The molecule has 0 saturated carbocycles. The van der Waals surface area contributed by atoms with Crippen LogP contribution in [0.2, 0.25) is 0 Å². The van der Waals surface area contributed by atoms with Crippen molar-refractivity contribution in [2.24, 2.45) is 5.41 Å². The first-order chi connectivity index (χ1) is 17.5. The fourth-order valence-corrected chi connectivity index (χ4v) is 5.36. The fraction of sp³-hybridized carbons (Fsp3) is 0.345. The standard InChI is InChI=1S/C29H33N5O2/c1-2-6-27(35)34-16-14-29(20-34)13-15-33(19-29)26-12-10-23(18-31-26)28(36)32-25-17-22(9-11-24(25)30)21-7-4-3-5-8-21/h3-5,7-12,17-18H,2,6,13-16,19-20,30H2,1H3,(H,32,36). The maximum Gasteiger partial charge on any atom is 0.257 e. The lowest BCUT2D eigenvalue weighted by molar-refractivity contribution is -0.130. The van der Waals surface area contributed by atoms with Gasteiger partial charge in [-0.1, -0.05) is 43.3 Å². The second kappa shape index (κ2) is 10.0. The number of nitrogens with two attached hydrogens (primary N) is 1. The molecule has 7 nitrogen and oxygen atoms in total. The van der Waals surface area contributed by atoms with Gasteiger partial charge < -0.3 is 20.9 Å². The minimum absolute atomic E-state index is 0.155. The van der Waals surface area contributed by atoms with E-state index in [1.54, 1.807) is 6.20 Å². The van der Waals surface area contributed by atoms with E-state index in [9.17, 15) is 9.59 Å². The Kier molecular flexibility index (Phi) is 6.63. The summed E-state index contributed by atoms with van der Waals surface area (Å²) in [6.07, 6.45) is 5.25. The van der Waals surface area contributed by atoms with Crippen LogP contribution in [0.1, 0.15) is 43.0 Å². The first-order valence-corrected chi connectivity index (χ1v) is 12.7. The van der Waals surface area contributed by atoms with E-state index in [2.05, 4.69) is 15.2 Å². The summed E-state index contributed by atoms with van der Waals surface area (Å²) in [5, 5.41) is 2.94. The molecule has 3 N–H and O–H groups in total. The number of rotatable bonds is 6. The number of aromatic nitrogens is 1. The normalized spacial score (nSPS) is 19.1. The van der Waals surface area contributed by atoms with Crippen LogP contribution >= 0.6 is 0 Å². The molecule has 5 rings (SSSR count). The van der Waals surface area contributed by atoms with Gasteiger partial charge in [0, 0.05) is 44.2 Å². The minimum atomic E-state index is -0.246. The van der Waals surface area contributed by atoms with E-state index in [1.165, 1.54) is 0 Å². The van der Waals surface area contributed by atoms with Crippen LogP contribution in [0.5, 0.6) is 0 Å². The van der Waals surface area contributed by atoms with Gasteiger partial charge in [0.05, 0.1) is 16.9 Å². The molecule has 1 atom stereocenters. The first kappa shape index (κ1) is 23.9. The molecule has 0 radical (unpaired) electrons. The van der Waals surface area contributed by atoms with Crippen molar-refractivity contribution in [2.75, 3.05) is 42.1 Å². The molecule has 1 spiro atoms. The van der Waals surface area contributed by atoms with Crippen LogP contribution < -0.4 is 16.0 Å². The fourth-order valence-electron chi connectivity index (χ4n) is 5.36. The van der Waals surface area contributed by atoms with E-state index >= 15 is 0 Å². The highest BCUT2D eigenvalue weighted by molar-refractivity contribution is 6.06. The monoisotopic (exact) mass is 483 g/mol. The van der Waals surface area contributed by atoms with Gasteiger partial charge in [-0.25, -0.2) is 4.98 Å². The number of anilines is 3. The molecule has 2 aromatic carbocycles. The van der Waals surface area contributed by atoms with Gasteiger partial charge in [-0.05, 0) is 54.7 Å². The Morgan fingerprint density at radius 1 is 1.00 bits per heavy atom. The summed E-state index contributed by atoms with van der Waals surface area (Å²) in [5.41, 5.74) is 9.91. The topological polar surface area (TPSA) is 91.6 Å². The molecule has 36 heavy (non-hydrogen) atoms. The van der Waals surface area contributed by atoms with Crippen LogP contribution in [0.15, 0.2) is 66.9 Å². The lowest BCUT2D eigenvalue weighted by Crippen LogP contribution is -2.34. The number of nitrogens with zero attached hydrogens (tertiary/aromatic N) is 3. The number of hydrogen-bond donors (Lipinski definition) is 2. The molecular weight excluding hydrogens is 450 g/mol. The lowest BCUT2D eigenvalue weighted by atomic mass is 9.86. The predicted octanol–water partition coefficient (Wildman–Crippen LogP) is 4.81. The van der Waals surface area contributed by atoms with Gasteiger partial charge in [-0.3, -0.25) is 9.59 Å². The number of benzene rings is 2. The maximum absolute atomic E-state index is 12.9. The number of likely N-dealkylation sites (tertiary alicyclic amines) is 1. The Balaban J connectivity index is 1.23. The Labute approximate surface area is 212 Å². The van der Waals surface area contributed by atoms with Crippen LogP contribution in [0.4, 0.5) is 17.2 Å². The van der Waals surface area contributed by atoms with E-state index in [0.717, 1.165) is 62.4 Å². The molecule has 1 aromatic heterocycles. The number of carbonyl (C=O) groups is 2. The molecule has 2 aliphatic rings. The smallest absolute Gasteiger partial charge is 0.257 e. The van der Waals surface area contributed by atoms with Crippen molar-refractivity contribution in [1.29, 1.82) is 0 Å². The first-order valence-electron chi connectivity index (χ1n) is 12.7. The summed E-state index contributed by atoms with van der Waals surface area (Å²) in [7, 11) is 0. The molecule has 7 heteroatoms. The quantitative estimate of drug-likeness (QED) is 0.491. The van der Waals surface area contributed by atoms with Crippen LogP contribution in [0.25, 0.3) is 11.1 Å². The molecule has 2 saturated heterocycles. The molecule has 3 aromatic rings. The molecule has 2 amide bonds. The Bertz CT molecular complexity index is 1240. The van der Waals surface area contributed by atoms with E-state index in [0.29, 0.717) is 23.4 Å². The zero-order valence-electron chi connectivity index (χ0n) is 20.7. The van der Waals surface area contributed by atoms with E-state index in [-0.39, 0.29) is 17.2 Å². The van der Waals surface area contributed by atoms with Crippen molar-refractivity contribution < 1.29 is 9.59 Å². The summed E-state index contributed by atoms with van der Waals surface area (Å²) < 4.78 is 0. The van der Waals surface area contributed by atoms with Gasteiger partial charge in [-0.15, -0.1) is 0 Å². The average molecular weight is 484 g/mol. The van der Waals surface area contributed by atoms with Crippen molar-refractivity contribution in [2.45, 2.75) is 32.6 Å². The third kappa shape index (κ3) is 4.91. The lowest BCUT2D eigenvalue weighted by Gasteiger charge is -2.25. The van der Waals surface area contributed by atoms with Crippen molar-refractivity contribution in [1.82, 2.24) is 9.88 Å². The van der Waals surface area contributed by atoms with Crippen LogP contribution in [0.3, 0.4) is 0 Å². The summed E-state index contributed by atoms with van der Waals surface area (Å²) in [6.45, 7) is 5.55. The predicted molar refractivity (Wildman–Crippen MR) is 144 cm³/mol. The molecule has 1 unspecified atom stereocenters. The van der Waals surface area contributed by atoms with E-state index in [1.807, 2.05) is 72.5 Å². The van der Waals surface area contributed by atoms with E-state index in [4.69, 9.17) is 5.73 Å². The number of pyridine rings is 1. The summed E-state index contributed by atoms with van der Waals surface area (Å²) >= 11 is 0. The second-order valence-electron chi connectivity index (χ2n) is 10.0. The Morgan fingerprint density at radius 3 is 2.56 bits per heavy atom. The van der Waals surface area contributed by atoms with Crippen LogP contribution in [0, 0.1) is 5.41 Å². The highest BCUT2D eigenvalue weighted by Crippen LogP contribution is 2.41. The summed E-state index contributed by atoms with van der Waals surface area (Å²) in [6, 6.07) is 19.3. The number of nitrogen functional groups attached to an aromatic ring is 1. The molecular formula is C29H33N5O2. The van der Waals surface area contributed by atoms with Gasteiger partial charge in [0.2, 0.25) is 5.91 Å². The number of nitrogens with one attached hydrogen (secondary N) is 1. The average Bonchev–Trinajstić information content (AvgIpc) is 3.53. The van der Waals surface area contributed by atoms with Crippen LogP contribution in [-0.4, -0.2) is 47.9 Å². The second-order valence-corrected chi connectivity index (χ2v) is 10.0. The molecule has 2 fully saturated rings. The van der Waals surface area contributed by atoms with Crippen molar-refractivity contribution in [3.8, 4) is 11.1 Å². The Morgan fingerprint density at radius 2 is 1.81 bits per heavy atom. The minimum Gasteiger partial charge on any atom is -0.397 e. The summed E-state index contributed by atoms with van der Waals surface area (Å²) in [4.78, 5) is 34.2. The zero-order valence-corrected chi connectivity index (χ0v) is 20.7. The number of amides is 2. The van der Waals surface area contributed by atoms with Gasteiger partial charge in [0.1, 0.15) is 5.82 Å². The van der Waals surface area contributed by atoms with Gasteiger partial charge >= 0.3 is 0 Å². The van der Waals surface area contributed by atoms with Gasteiger partial charge in [-0.2, -0.15) is 0 Å². The van der Waals surface area contributed by atoms with Gasteiger partial charge in [0.25, 0.3) is 5.91 Å². The molecule has 0 bridgehead atoms. The molecule has 3 heterocycles. The largest absolute Gasteiger partial charge is 0.397 e. The zero-order chi connectivity index (χ0) is 25.1. The highest BCUT2D eigenvalue weighted by Gasteiger charge is 2.44. The molecule has 2 aliphatic heterocycles. The van der Waals surface area contributed by atoms with Crippen molar-refractivity contribution in [3.05, 3.63) is 72.4 Å². The molecule has 186 valence electrons.